The highest BCUT2D eigenvalue weighted by molar-refractivity contribution is 6.29. The molecule has 1 aliphatic rings. The van der Waals surface area contributed by atoms with Crippen LogP contribution in [0, 0.1) is 10.1 Å². The topological polar surface area (TPSA) is 70.2 Å². The molecule has 0 spiro atoms. The summed E-state index contributed by atoms with van der Waals surface area (Å²) in [5.41, 5.74) is 0. The quantitative estimate of drug-likeness (QED) is 0.586. The van der Waals surface area contributed by atoms with Crippen molar-refractivity contribution in [3.63, 3.8) is 0 Å². The van der Waals surface area contributed by atoms with E-state index in [1.165, 1.54) is 10.7 Å². The maximum absolute atomic E-state index is 10.7. The standard InChI is InChI=1S/C8H10ClN3O3/c9-7-4-8(12(13)14)11(10-7)5-6-2-1-3-15-6/h4,6H,1-3,5H2/t6-/m0/s1. The first-order chi connectivity index (χ1) is 7.16. The highest BCUT2D eigenvalue weighted by Gasteiger charge is 2.24. The van der Waals surface area contributed by atoms with Gasteiger partial charge in [0.1, 0.15) is 6.54 Å². The Hall–Kier alpha value is -1.14. The predicted octanol–water partition coefficient (Wildman–Crippen LogP) is 1.62. The summed E-state index contributed by atoms with van der Waals surface area (Å²) in [5.74, 6) is -0.0875. The first-order valence-corrected chi connectivity index (χ1v) is 5.04. The van der Waals surface area contributed by atoms with Crippen molar-refractivity contribution in [3.8, 4) is 0 Å². The third kappa shape index (κ3) is 2.27. The van der Waals surface area contributed by atoms with Crippen LogP contribution in [-0.4, -0.2) is 27.4 Å². The molecule has 0 unspecified atom stereocenters. The number of hydrogen-bond acceptors (Lipinski definition) is 4. The third-order valence-corrected chi connectivity index (χ3v) is 2.50. The molecular weight excluding hydrogens is 222 g/mol. The molecule has 0 aromatic carbocycles. The molecule has 6 nitrogen and oxygen atoms in total. The zero-order chi connectivity index (χ0) is 10.8. The molecule has 2 heterocycles. The van der Waals surface area contributed by atoms with Gasteiger partial charge in [-0.2, -0.15) is 0 Å². The van der Waals surface area contributed by atoms with E-state index in [0.717, 1.165) is 12.8 Å². The Kier molecular flexibility index (Phi) is 2.88. The van der Waals surface area contributed by atoms with Crippen LogP contribution < -0.4 is 0 Å². The summed E-state index contributed by atoms with van der Waals surface area (Å²) in [4.78, 5) is 10.2. The number of rotatable bonds is 3. The summed E-state index contributed by atoms with van der Waals surface area (Å²) in [7, 11) is 0. The van der Waals surface area contributed by atoms with Crippen molar-refractivity contribution in [2.24, 2.45) is 0 Å². The Labute approximate surface area is 90.9 Å². The highest BCUT2D eigenvalue weighted by atomic mass is 35.5. The molecule has 1 aliphatic heterocycles. The molecule has 0 bridgehead atoms. The van der Waals surface area contributed by atoms with Gasteiger partial charge in [0.2, 0.25) is 0 Å². The van der Waals surface area contributed by atoms with Crippen molar-refractivity contribution in [1.29, 1.82) is 0 Å². The average molecular weight is 232 g/mol. The lowest BCUT2D eigenvalue weighted by Gasteiger charge is -2.05. The number of nitrogens with zero attached hydrogens (tertiary/aromatic N) is 3. The number of aromatic nitrogens is 2. The first-order valence-electron chi connectivity index (χ1n) is 4.66. The Morgan fingerprint density at radius 1 is 1.80 bits per heavy atom. The van der Waals surface area contributed by atoms with Crippen LogP contribution in [0.2, 0.25) is 5.15 Å². The molecule has 0 N–H and O–H groups in total. The Bertz CT molecular complexity index is 373. The van der Waals surface area contributed by atoms with Gasteiger partial charge in [-0.25, -0.2) is 0 Å². The summed E-state index contributed by atoms with van der Waals surface area (Å²) in [6, 6.07) is 1.25. The first kappa shape index (κ1) is 10.4. The van der Waals surface area contributed by atoms with E-state index in [1.54, 1.807) is 0 Å². The molecule has 0 saturated carbocycles. The number of nitro groups is 1. The highest BCUT2D eigenvalue weighted by Crippen LogP contribution is 2.20. The van der Waals surface area contributed by atoms with E-state index < -0.39 is 4.92 Å². The molecule has 1 aromatic rings. The van der Waals surface area contributed by atoms with Crippen molar-refractivity contribution in [2.75, 3.05) is 6.61 Å². The van der Waals surface area contributed by atoms with E-state index in [2.05, 4.69) is 5.10 Å². The maximum atomic E-state index is 10.7. The molecule has 15 heavy (non-hydrogen) atoms. The second kappa shape index (κ2) is 4.16. The van der Waals surface area contributed by atoms with Crippen molar-refractivity contribution in [3.05, 3.63) is 21.3 Å². The van der Waals surface area contributed by atoms with E-state index in [4.69, 9.17) is 16.3 Å². The number of halogens is 1. The smallest absolute Gasteiger partial charge is 0.346 e. The predicted molar refractivity (Wildman–Crippen MR) is 52.9 cm³/mol. The Morgan fingerprint density at radius 3 is 3.20 bits per heavy atom. The summed E-state index contributed by atoms with van der Waals surface area (Å²) >= 11 is 5.62. The van der Waals surface area contributed by atoms with Gasteiger partial charge in [-0.05, 0) is 17.8 Å². The monoisotopic (exact) mass is 231 g/mol. The molecule has 7 heteroatoms. The molecule has 0 aliphatic carbocycles. The molecule has 1 saturated heterocycles. The van der Waals surface area contributed by atoms with Gasteiger partial charge in [-0.15, -0.1) is 4.68 Å². The van der Waals surface area contributed by atoms with Crippen LogP contribution in [0.25, 0.3) is 0 Å². The largest absolute Gasteiger partial charge is 0.374 e. The van der Waals surface area contributed by atoms with Gasteiger partial charge < -0.3 is 14.9 Å². The van der Waals surface area contributed by atoms with Gasteiger partial charge in [0.15, 0.2) is 5.15 Å². The van der Waals surface area contributed by atoms with E-state index in [-0.39, 0.29) is 17.1 Å². The zero-order valence-corrected chi connectivity index (χ0v) is 8.68. The minimum Gasteiger partial charge on any atom is -0.374 e. The summed E-state index contributed by atoms with van der Waals surface area (Å²) in [6.07, 6.45) is 1.92. The van der Waals surface area contributed by atoms with Crippen LogP contribution >= 0.6 is 11.6 Å². The molecule has 0 amide bonds. The van der Waals surface area contributed by atoms with Gasteiger partial charge in [-0.1, -0.05) is 16.7 Å². The van der Waals surface area contributed by atoms with Gasteiger partial charge in [0, 0.05) is 6.61 Å². The Morgan fingerprint density at radius 2 is 2.60 bits per heavy atom. The molecule has 1 atom stereocenters. The van der Waals surface area contributed by atoms with E-state index >= 15 is 0 Å². The second-order valence-corrected chi connectivity index (χ2v) is 3.79. The average Bonchev–Trinajstić information content (AvgIpc) is 2.75. The van der Waals surface area contributed by atoms with Crippen molar-refractivity contribution in [2.45, 2.75) is 25.5 Å². The molecule has 1 aromatic heterocycles. The second-order valence-electron chi connectivity index (χ2n) is 3.40. The van der Waals surface area contributed by atoms with E-state index in [1.807, 2.05) is 0 Å². The van der Waals surface area contributed by atoms with Crippen LogP contribution in [0.15, 0.2) is 6.07 Å². The minimum absolute atomic E-state index is 0.0136. The van der Waals surface area contributed by atoms with Crippen molar-refractivity contribution < 1.29 is 9.66 Å². The fourth-order valence-corrected chi connectivity index (χ4v) is 1.83. The molecule has 1 fully saturated rings. The normalized spacial score (nSPS) is 20.7. The lowest BCUT2D eigenvalue weighted by molar-refractivity contribution is -0.392. The van der Waals surface area contributed by atoms with E-state index in [9.17, 15) is 10.1 Å². The zero-order valence-electron chi connectivity index (χ0n) is 7.93. The molecular formula is C8H10ClN3O3. The summed E-state index contributed by atoms with van der Waals surface area (Å²) in [6.45, 7) is 1.11. The summed E-state index contributed by atoms with van der Waals surface area (Å²) < 4.78 is 6.66. The van der Waals surface area contributed by atoms with Gasteiger partial charge in [0.25, 0.3) is 0 Å². The Balaban J connectivity index is 2.15. The van der Waals surface area contributed by atoms with Crippen molar-refractivity contribution >= 4 is 17.4 Å². The third-order valence-electron chi connectivity index (χ3n) is 2.32. The molecule has 2 rings (SSSR count). The minimum atomic E-state index is -0.492. The maximum Gasteiger partial charge on any atom is 0.346 e. The number of hydrogen-bond donors (Lipinski definition) is 0. The molecule has 82 valence electrons. The SMILES string of the molecule is O=[N+]([O-])c1cc(Cl)nn1C[C@@H]1CCCO1. The number of ether oxygens (including phenoxy) is 1. The lowest BCUT2D eigenvalue weighted by Crippen LogP contribution is -2.17. The fraction of sp³-hybridized carbons (Fsp3) is 0.625. The van der Waals surface area contributed by atoms with Crippen LogP contribution in [0.3, 0.4) is 0 Å². The van der Waals surface area contributed by atoms with Crippen LogP contribution in [0.5, 0.6) is 0 Å². The van der Waals surface area contributed by atoms with E-state index in [0.29, 0.717) is 13.2 Å². The van der Waals surface area contributed by atoms with Crippen molar-refractivity contribution in [1.82, 2.24) is 9.78 Å². The summed E-state index contributed by atoms with van der Waals surface area (Å²) in [5, 5.41) is 14.6. The van der Waals surface area contributed by atoms with Gasteiger partial charge in [0.05, 0.1) is 12.2 Å². The van der Waals surface area contributed by atoms with Gasteiger partial charge in [-0.3, -0.25) is 0 Å². The fourth-order valence-electron chi connectivity index (χ4n) is 1.64. The van der Waals surface area contributed by atoms with Crippen LogP contribution in [0.4, 0.5) is 5.82 Å². The van der Waals surface area contributed by atoms with Gasteiger partial charge >= 0.3 is 5.82 Å². The van der Waals surface area contributed by atoms with Crippen LogP contribution in [0.1, 0.15) is 12.8 Å². The lowest BCUT2D eigenvalue weighted by atomic mass is 10.2. The molecule has 0 radical (unpaired) electrons. The van der Waals surface area contributed by atoms with Crippen LogP contribution in [-0.2, 0) is 11.3 Å².